The summed E-state index contributed by atoms with van der Waals surface area (Å²) in [5.74, 6) is 2.00. The number of rotatable bonds is 5. The summed E-state index contributed by atoms with van der Waals surface area (Å²) in [5, 5.41) is 0. The summed E-state index contributed by atoms with van der Waals surface area (Å²) >= 11 is 1.86. The van der Waals surface area contributed by atoms with Crippen LogP contribution in [0.2, 0.25) is 0 Å². The normalized spacial score (nSPS) is 12.5. The first kappa shape index (κ1) is 13.2. The van der Waals surface area contributed by atoms with Crippen LogP contribution >= 0.6 is 11.8 Å². The Bertz CT molecular complexity index is 341. The standard InChI is InChI=1S/C12H21N3S/c1-5-10(8-16-4)15(3)12-11(13)9(2)6-7-14-12/h6-7,10H,5,8,13H2,1-4H3. The first-order valence-electron chi connectivity index (χ1n) is 5.54. The highest BCUT2D eigenvalue weighted by Gasteiger charge is 2.16. The third-order valence-electron chi connectivity index (χ3n) is 2.90. The SMILES string of the molecule is CCC(CSC)N(C)c1nccc(C)c1N. The minimum Gasteiger partial charge on any atom is -0.396 e. The molecule has 1 heterocycles. The Labute approximate surface area is 102 Å². The topological polar surface area (TPSA) is 42.2 Å². The fraction of sp³-hybridized carbons (Fsp3) is 0.583. The van der Waals surface area contributed by atoms with Gasteiger partial charge in [0.05, 0.1) is 5.69 Å². The summed E-state index contributed by atoms with van der Waals surface area (Å²) in [6.07, 6.45) is 5.05. The van der Waals surface area contributed by atoms with E-state index in [-0.39, 0.29) is 0 Å². The lowest BCUT2D eigenvalue weighted by Gasteiger charge is -2.29. The van der Waals surface area contributed by atoms with E-state index >= 15 is 0 Å². The Morgan fingerprint density at radius 3 is 2.81 bits per heavy atom. The predicted octanol–water partition coefficient (Wildman–Crippen LogP) is 2.55. The number of anilines is 2. The van der Waals surface area contributed by atoms with E-state index in [1.54, 1.807) is 0 Å². The van der Waals surface area contributed by atoms with E-state index in [0.717, 1.165) is 29.2 Å². The highest BCUT2D eigenvalue weighted by atomic mass is 32.2. The van der Waals surface area contributed by atoms with Gasteiger partial charge in [-0.2, -0.15) is 11.8 Å². The molecule has 0 amide bonds. The maximum atomic E-state index is 6.06. The van der Waals surface area contributed by atoms with Gasteiger partial charge in [-0.1, -0.05) is 6.92 Å². The van der Waals surface area contributed by atoms with Gasteiger partial charge in [0, 0.05) is 25.0 Å². The number of aromatic nitrogens is 1. The van der Waals surface area contributed by atoms with Crippen LogP contribution in [-0.2, 0) is 0 Å². The van der Waals surface area contributed by atoms with Crippen LogP contribution < -0.4 is 10.6 Å². The lowest BCUT2D eigenvalue weighted by molar-refractivity contribution is 0.666. The number of hydrogen-bond acceptors (Lipinski definition) is 4. The first-order chi connectivity index (χ1) is 7.61. The largest absolute Gasteiger partial charge is 0.396 e. The molecule has 0 aliphatic heterocycles. The van der Waals surface area contributed by atoms with E-state index in [2.05, 4.69) is 30.1 Å². The maximum absolute atomic E-state index is 6.06. The second-order valence-corrected chi connectivity index (χ2v) is 4.90. The number of aryl methyl sites for hydroxylation is 1. The molecule has 0 aromatic carbocycles. The molecular formula is C12H21N3S. The molecule has 0 saturated heterocycles. The monoisotopic (exact) mass is 239 g/mol. The first-order valence-corrected chi connectivity index (χ1v) is 6.94. The second-order valence-electron chi connectivity index (χ2n) is 3.99. The minimum atomic E-state index is 0.492. The van der Waals surface area contributed by atoms with Crippen LogP contribution in [0.3, 0.4) is 0 Å². The summed E-state index contributed by atoms with van der Waals surface area (Å²) in [6, 6.07) is 2.44. The van der Waals surface area contributed by atoms with Crippen LogP contribution in [0.15, 0.2) is 12.3 Å². The van der Waals surface area contributed by atoms with Crippen LogP contribution in [0.5, 0.6) is 0 Å². The number of pyridine rings is 1. The molecule has 0 aliphatic rings. The van der Waals surface area contributed by atoms with Crippen molar-refractivity contribution in [2.45, 2.75) is 26.3 Å². The third kappa shape index (κ3) is 2.82. The summed E-state index contributed by atoms with van der Waals surface area (Å²) in [4.78, 5) is 6.58. The van der Waals surface area contributed by atoms with Crippen LogP contribution in [0.25, 0.3) is 0 Å². The van der Waals surface area contributed by atoms with Crippen molar-refractivity contribution in [2.75, 3.05) is 29.7 Å². The second kappa shape index (κ2) is 5.99. The van der Waals surface area contributed by atoms with Gasteiger partial charge in [-0.15, -0.1) is 0 Å². The molecule has 0 fully saturated rings. The number of nitrogens with two attached hydrogens (primary N) is 1. The summed E-state index contributed by atoms with van der Waals surface area (Å²) in [5.41, 5.74) is 7.95. The molecule has 1 rings (SSSR count). The van der Waals surface area contributed by atoms with Crippen molar-refractivity contribution in [1.29, 1.82) is 0 Å². The molecule has 1 unspecified atom stereocenters. The summed E-state index contributed by atoms with van der Waals surface area (Å²) in [7, 11) is 2.07. The smallest absolute Gasteiger partial charge is 0.152 e. The van der Waals surface area contributed by atoms with Gasteiger partial charge in [0.15, 0.2) is 5.82 Å². The average Bonchev–Trinajstić information content (AvgIpc) is 2.29. The molecular weight excluding hydrogens is 218 g/mol. The van der Waals surface area contributed by atoms with Gasteiger partial charge >= 0.3 is 0 Å². The van der Waals surface area contributed by atoms with E-state index in [1.807, 2.05) is 30.9 Å². The van der Waals surface area contributed by atoms with Gasteiger partial charge in [-0.25, -0.2) is 4.98 Å². The zero-order chi connectivity index (χ0) is 12.1. The lowest BCUT2D eigenvalue weighted by Crippen LogP contribution is -2.34. The van der Waals surface area contributed by atoms with Gasteiger partial charge in [-0.05, 0) is 31.2 Å². The van der Waals surface area contributed by atoms with E-state index in [4.69, 9.17) is 5.73 Å². The number of nitrogen functional groups attached to an aromatic ring is 1. The molecule has 90 valence electrons. The van der Waals surface area contributed by atoms with Gasteiger partial charge in [0.25, 0.3) is 0 Å². The fourth-order valence-electron chi connectivity index (χ4n) is 1.71. The summed E-state index contributed by atoms with van der Waals surface area (Å²) < 4.78 is 0. The van der Waals surface area contributed by atoms with Crippen LogP contribution in [-0.4, -0.2) is 30.1 Å². The zero-order valence-corrected chi connectivity index (χ0v) is 11.3. The van der Waals surface area contributed by atoms with Gasteiger partial charge < -0.3 is 10.6 Å². The van der Waals surface area contributed by atoms with E-state index < -0.39 is 0 Å². The van der Waals surface area contributed by atoms with Crippen molar-refractivity contribution in [3.05, 3.63) is 17.8 Å². The molecule has 16 heavy (non-hydrogen) atoms. The van der Waals surface area contributed by atoms with Crippen LogP contribution in [0, 0.1) is 6.92 Å². The Hall–Kier alpha value is -0.900. The van der Waals surface area contributed by atoms with Gasteiger partial charge in [-0.3, -0.25) is 0 Å². The Morgan fingerprint density at radius 2 is 2.25 bits per heavy atom. The Balaban J connectivity index is 2.94. The molecule has 1 aromatic rings. The highest BCUT2D eigenvalue weighted by molar-refractivity contribution is 7.98. The van der Waals surface area contributed by atoms with Crippen molar-refractivity contribution >= 4 is 23.3 Å². The molecule has 1 atom stereocenters. The third-order valence-corrected chi connectivity index (χ3v) is 3.62. The van der Waals surface area contributed by atoms with E-state index in [0.29, 0.717) is 6.04 Å². The molecule has 1 aromatic heterocycles. The van der Waals surface area contributed by atoms with Crippen molar-refractivity contribution < 1.29 is 0 Å². The van der Waals surface area contributed by atoms with Gasteiger partial charge in [0.2, 0.25) is 0 Å². The van der Waals surface area contributed by atoms with Crippen molar-refractivity contribution in [3.8, 4) is 0 Å². The molecule has 0 radical (unpaired) electrons. The molecule has 3 nitrogen and oxygen atoms in total. The molecule has 0 bridgehead atoms. The number of nitrogens with zero attached hydrogens (tertiary/aromatic N) is 2. The molecule has 4 heteroatoms. The average molecular weight is 239 g/mol. The number of thioether (sulfide) groups is 1. The molecule has 0 aliphatic carbocycles. The fourth-order valence-corrected chi connectivity index (χ4v) is 2.55. The van der Waals surface area contributed by atoms with E-state index in [9.17, 15) is 0 Å². The summed E-state index contributed by atoms with van der Waals surface area (Å²) in [6.45, 7) is 4.22. The zero-order valence-electron chi connectivity index (χ0n) is 10.5. The van der Waals surface area contributed by atoms with Gasteiger partial charge in [0.1, 0.15) is 0 Å². The van der Waals surface area contributed by atoms with Crippen LogP contribution in [0.1, 0.15) is 18.9 Å². The van der Waals surface area contributed by atoms with Crippen LogP contribution in [0.4, 0.5) is 11.5 Å². The van der Waals surface area contributed by atoms with Crippen molar-refractivity contribution in [1.82, 2.24) is 4.98 Å². The molecule has 0 spiro atoms. The minimum absolute atomic E-state index is 0.492. The van der Waals surface area contributed by atoms with Crippen molar-refractivity contribution in [3.63, 3.8) is 0 Å². The lowest BCUT2D eigenvalue weighted by atomic mass is 10.2. The van der Waals surface area contributed by atoms with Crippen molar-refractivity contribution in [2.24, 2.45) is 0 Å². The quantitative estimate of drug-likeness (QED) is 0.857. The highest BCUT2D eigenvalue weighted by Crippen LogP contribution is 2.25. The predicted molar refractivity (Wildman–Crippen MR) is 74.3 cm³/mol. The molecule has 2 N–H and O–H groups in total. The van der Waals surface area contributed by atoms with E-state index in [1.165, 1.54) is 0 Å². The number of hydrogen-bond donors (Lipinski definition) is 1. The molecule has 0 saturated carbocycles. The maximum Gasteiger partial charge on any atom is 0.152 e. The Kier molecular flexibility index (Phi) is 4.93. The Morgan fingerprint density at radius 1 is 1.56 bits per heavy atom.